The molecule has 0 bridgehead atoms. The highest BCUT2D eigenvalue weighted by Crippen LogP contribution is 2.36. The summed E-state index contributed by atoms with van der Waals surface area (Å²) < 4.78 is 5.48. The van der Waals surface area contributed by atoms with Gasteiger partial charge in [0, 0.05) is 18.1 Å². The van der Waals surface area contributed by atoms with Crippen molar-refractivity contribution in [1.29, 1.82) is 0 Å². The molecule has 1 aromatic carbocycles. The number of morpholine rings is 1. The molecule has 3 aliphatic heterocycles. The predicted octanol–water partition coefficient (Wildman–Crippen LogP) is 3.55. The average Bonchev–Trinajstić information content (AvgIpc) is 3.08. The van der Waals surface area contributed by atoms with Crippen LogP contribution in [0.4, 0.5) is 16.2 Å². The molecule has 5 rings (SSSR count). The van der Waals surface area contributed by atoms with E-state index in [1.165, 1.54) is 0 Å². The normalized spacial score (nSPS) is 20.2. The monoisotopic (exact) mass is 425 g/mol. The number of aromatic nitrogens is 1. The maximum atomic E-state index is 13.5. The van der Waals surface area contributed by atoms with E-state index in [4.69, 9.17) is 26.3 Å². The highest BCUT2D eigenvalue weighted by molar-refractivity contribution is 6.30. The maximum Gasteiger partial charge on any atom is 0.330 e. The summed E-state index contributed by atoms with van der Waals surface area (Å²) in [5.74, 6) is 0.667. The highest BCUT2D eigenvalue weighted by Gasteiger charge is 2.44. The molecule has 4 heterocycles. The van der Waals surface area contributed by atoms with E-state index in [9.17, 15) is 4.79 Å². The molecule has 2 aromatic rings. The fraction of sp³-hybridized carbons (Fsp3) is 0.409. The first-order valence-corrected chi connectivity index (χ1v) is 10.6. The first kappa shape index (κ1) is 19.3. The van der Waals surface area contributed by atoms with Gasteiger partial charge in [-0.1, -0.05) is 23.7 Å². The zero-order chi connectivity index (χ0) is 20.9. The smallest absolute Gasteiger partial charge is 0.330 e. The second-order valence-electron chi connectivity index (χ2n) is 8.49. The largest absolute Gasteiger partial charge is 0.378 e. The number of nitrogens with zero attached hydrogens (tertiary/aromatic N) is 5. The summed E-state index contributed by atoms with van der Waals surface area (Å²) in [5.41, 5.74) is 3.23. The lowest BCUT2D eigenvalue weighted by Crippen LogP contribution is -2.51. The van der Waals surface area contributed by atoms with Crippen molar-refractivity contribution < 1.29 is 9.53 Å². The lowest BCUT2D eigenvalue weighted by atomic mass is 10.1. The molecular weight excluding hydrogens is 402 g/mol. The van der Waals surface area contributed by atoms with Crippen molar-refractivity contribution in [2.24, 2.45) is 4.99 Å². The van der Waals surface area contributed by atoms with Crippen LogP contribution in [0.5, 0.6) is 0 Å². The number of fused-ring (bicyclic) bond motifs is 3. The summed E-state index contributed by atoms with van der Waals surface area (Å²) in [5, 5.41) is 0.677. The minimum atomic E-state index is -0.330. The van der Waals surface area contributed by atoms with Crippen molar-refractivity contribution in [3.05, 3.63) is 52.8 Å². The van der Waals surface area contributed by atoms with E-state index in [-0.39, 0.29) is 11.6 Å². The number of carbonyl (C=O) groups excluding carboxylic acids is 1. The van der Waals surface area contributed by atoms with E-state index >= 15 is 0 Å². The SMILES string of the molecule is CC1(C)CN2C(=O)N(Cc3ccc(Cl)cc3)c3cc(N4CCOCC4)cnc3C2=N1. The number of hydrogen-bond acceptors (Lipinski definition) is 5. The van der Waals surface area contributed by atoms with Gasteiger partial charge in [0.05, 0.1) is 49.4 Å². The topological polar surface area (TPSA) is 61.3 Å². The van der Waals surface area contributed by atoms with Gasteiger partial charge < -0.3 is 9.64 Å². The molecule has 1 saturated heterocycles. The molecule has 0 atom stereocenters. The number of hydrogen-bond donors (Lipinski definition) is 0. The number of urea groups is 1. The fourth-order valence-corrected chi connectivity index (χ4v) is 4.30. The maximum absolute atomic E-state index is 13.5. The number of ether oxygens (including phenoxy) is 1. The van der Waals surface area contributed by atoms with Gasteiger partial charge in [-0.2, -0.15) is 0 Å². The van der Waals surface area contributed by atoms with Gasteiger partial charge >= 0.3 is 6.03 Å². The Morgan fingerprint density at radius 2 is 1.90 bits per heavy atom. The van der Waals surface area contributed by atoms with Crippen molar-refractivity contribution in [1.82, 2.24) is 9.88 Å². The van der Waals surface area contributed by atoms with Crippen LogP contribution in [0.1, 0.15) is 25.1 Å². The van der Waals surface area contributed by atoms with Crippen molar-refractivity contribution in [3.8, 4) is 0 Å². The molecule has 1 aromatic heterocycles. The number of amidine groups is 1. The Balaban J connectivity index is 1.58. The Labute approximate surface area is 180 Å². The molecule has 156 valence electrons. The molecule has 7 nitrogen and oxygen atoms in total. The third-order valence-corrected chi connectivity index (χ3v) is 5.91. The quantitative estimate of drug-likeness (QED) is 0.754. The van der Waals surface area contributed by atoms with Gasteiger partial charge in [0.15, 0.2) is 5.84 Å². The van der Waals surface area contributed by atoms with Crippen molar-refractivity contribution in [2.45, 2.75) is 25.9 Å². The number of halogens is 1. The number of anilines is 2. The van der Waals surface area contributed by atoms with Crippen LogP contribution in [0, 0.1) is 0 Å². The van der Waals surface area contributed by atoms with Crippen molar-refractivity contribution in [3.63, 3.8) is 0 Å². The number of benzene rings is 1. The molecule has 8 heteroatoms. The summed E-state index contributed by atoms with van der Waals surface area (Å²) in [4.78, 5) is 28.9. The van der Waals surface area contributed by atoms with Crippen LogP contribution in [0.2, 0.25) is 5.02 Å². The molecule has 0 N–H and O–H groups in total. The lowest BCUT2D eigenvalue weighted by molar-refractivity contribution is 0.122. The zero-order valence-electron chi connectivity index (χ0n) is 17.1. The van der Waals surface area contributed by atoms with Crippen LogP contribution in [-0.2, 0) is 11.3 Å². The average molecular weight is 426 g/mol. The Bertz CT molecular complexity index is 1010. The molecule has 1 fully saturated rings. The third kappa shape index (κ3) is 3.42. The molecule has 0 unspecified atom stereocenters. The molecule has 0 spiro atoms. The van der Waals surface area contributed by atoms with Gasteiger partial charge in [-0.15, -0.1) is 0 Å². The van der Waals surface area contributed by atoms with Gasteiger partial charge in [0.25, 0.3) is 0 Å². The van der Waals surface area contributed by atoms with Gasteiger partial charge in [-0.05, 0) is 37.6 Å². The van der Waals surface area contributed by atoms with Crippen LogP contribution in [-0.4, -0.2) is 60.1 Å². The number of aliphatic imine (C=N–C) groups is 1. The van der Waals surface area contributed by atoms with Crippen LogP contribution >= 0.6 is 11.6 Å². The van der Waals surface area contributed by atoms with E-state index in [1.807, 2.05) is 44.3 Å². The summed E-state index contributed by atoms with van der Waals surface area (Å²) in [6.07, 6.45) is 1.88. The summed E-state index contributed by atoms with van der Waals surface area (Å²) in [7, 11) is 0. The van der Waals surface area contributed by atoms with E-state index in [0.717, 1.165) is 35.7 Å². The van der Waals surface area contributed by atoms with Gasteiger partial charge in [0.2, 0.25) is 0 Å². The minimum Gasteiger partial charge on any atom is -0.378 e. The van der Waals surface area contributed by atoms with E-state index in [1.54, 1.807) is 9.80 Å². The van der Waals surface area contributed by atoms with E-state index in [0.29, 0.717) is 37.2 Å². The Hall–Kier alpha value is -2.64. The predicted molar refractivity (Wildman–Crippen MR) is 118 cm³/mol. The molecule has 0 radical (unpaired) electrons. The number of pyridine rings is 1. The van der Waals surface area contributed by atoms with E-state index < -0.39 is 0 Å². The molecule has 2 amide bonds. The van der Waals surface area contributed by atoms with Gasteiger partial charge in [0.1, 0.15) is 5.69 Å². The van der Waals surface area contributed by atoms with Crippen LogP contribution in [0.3, 0.4) is 0 Å². The molecule has 30 heavy (non-hydrogen) atoms. The van der Waals surface area contributed by atoms with Crippen LogP contribution in [0.25, 0.3) is 0 Å². The standard InChI is InChI=1S/C22H24ClN5O2/c1-22(2)14-28-20(25-22)19-18(11-17(12-24-19)26-7-9-30-10-8-26)27(21(28)29)13-15-3-5-16(23)6-4-15/h3-6,11-12H,7-10,13-14H2,1-2H3. The Kier molecular flexibility index (Phi) is 4.67. The van der Waals surface area contributed by atoms with Gasteiger partial charge in [-0.25, -0.2) is 9.78 Å². The Morgan fingerprint density at radius 3 is 2.63 bits per heavy atom. The number of amides is 2. The molecule has 3 aliphatic rings. The van der Waals surface area contributed by atoms with Crippen LogP contribution in [0.15, 0.2) is 41.5 Å². The number of rotatable bonds is 3. The Morgan fingerprint density at radius 1 is 1.17 bits per heavy atom. The third-order valence-electron chi connectivity index (χ3n) is 5.66. The second kappa shape index (κ2) is 7.25. The summed E-state index contributed by atoms with van der Waals surface area (Å²) >= 11 is 6.05. The molecular formula is C22H24ClN5O2. The first-order valence-electron chi connectivity index (χ1n) is 10.2. The van der Waals surface area contributed by atoms with Crippen LogP contribution < -0.4 is 9.80 Å². The zero-order valence-corrected chi connectivity index (χ0v) is 17.9. The highest BCUT2D eigenvalue weighted by atomic mass is 35.5. The minimum absolute atomic E-state index is 0.0669. The molecule has 0 aliphatic carbocycles. The van der Waals surface area contributed by atoms with Gasteiger partial charge in [-0.3, -0.25) is 14.8 Å². The summed E-state index contributed by atoms with van der Waals surface area (Å²) in [6, 6.07) is 9.59. The molecule has 0 saturated carbocycles. The number of carbonyl (C=O) groups is 1. The fourth-order valence-electron chi connectivity index (χ4n) is 4.17. The van der Waals surface area contributed by atoms with Crippen molar-refractivity contribution >= 4 is 34.8 Å². The van der Waals surface area contributed by atoms with Crippen molar-refractivity contribution in [2.75, 3.05) is 42.6 Å². The lowest BCUT2D eigenvalue weighted by Gasteiger charge is -2.36. The first-order chi connectivity index (χ1) is 14.4. The van der Waals surface area contributed by atoms with E-state index in [2.05, 4.69) is 11.0 Å². The second-order valence-corrected chi connectivity index (χ2v) is 8.93. The summed E-state index contributed by atoms with van der Waals surface area (Å²) in [6.45, 7) is 8.08.